The van der Waals surface area contributed by atoms with E-state index in [2.05, 4.69) is 4.74 Å². The van der Waals surface area contributed by atoms with Crippen LogP contribution in [0, 0.1) is 0 Å². The third kappa shape index (κ3) is 4.26. The van der Waals surface area contributed by atoms with E-state index in [1.54, 1.807) is 13.0 Å². The van der Waals surface area contributed by atoms with Gasteiger partial charge in [0.05, 0.1) is 12.6 Å². The summed E-state index contributed by atoms with van der Waals surface area (Å²) in [6.07, 6.45) is -0.906. The van der Waals surface area contributed by atoms with Crippen molar-refractivity contribution >= 4 is 29.7 Å². The highest BCUT2D eigenvalue weighted by molar-refractivity contribution is 7.12. The van der Waals surface area contributed by atoms with E-state index in [0.29, 0.717) is 4.88 Å². The standard InChI is InChI=1S/C11H16FNO2S.ClH/c1-3-7-5-6-8(16-7)10(13)9(12)11(14)15-4-2;/h5-6,9-10H,3-4,13H2,1-2H3;1H/t9?,10-;/m0./s1. The summed E-state index contributed by atoms with van der Waals surface area (Å²) in [7, 11) is 0. The number of thiophene rings is 1. The molecular formula is C11H17ClFNO2S. The minimum atomic E-state index is -1.79. The van der Waals surface area contributed by atoms with Crippen molar-refractivity contribution in [1.82, 2.24) is 0 Å². The SMILES string of the molecule is CCOC(=O)C(F)[C@@H](N)c1ccc(CC)s1.Cl. The molecule has 0 radical (unpaired) electrons. The van der Waals surface area contributed by atoms with Gasteiger partial charge in [-0.05, 0) is 25.5 Å². The molecule has 2 N–H and O–H groups in total. The Kier molecular flexibility index (Phi) is 7.34. The van der Waals surface area contributed by atoms with Crippen molar-refractivity contribution < 1.29 is 13.9 Å². The smallest absolute Gasteiger partial charge is 0.342 e. The summed E-state index contributed by atoms with van der Waals surface area (Å²) < 4.78 is 18.2. The molecule has 98 valence electrons. The number of rotatable bonds is 5. The van der Waals surface area contributed by atoms with Crippen LogP contribution < -0.4 is 5.73 Å². The molecule has 2 atom stereocenters. The van der Waals surface area contributed by atoms with E-state index in [9.17, 15) is 9.18 Å². The lowest BCUT2D eigenvalue weighted by Gasteiger charge is -2.13. The maximum absolute atomic E-state index is 13.6. The Morgan fingerprint density at radius 3 is 2.65 bits per heavy atom. The molecule has 1 aromatic heterocycles. The lowest BCUT2D eigenvalue weighted by molar-refractivity contribution is -0.149. The van der Waals surface area contributed by atoms with E-state index in [-0.39, 0.29) is 19.0 Å². The molecule has 0 aliphatic rings. The monoisotopic (exact) mass is 281 g/mol. The third-order valence-corrected chi connectivity index (χ3v) is 3.52. The van der Waals surface area contributed by atoms with E-state index in [1.807, 2.05) is 13.0 Å². The van der Waals surface area contributed by atoms with Crippen LogP contribution >= 0.6 is 23.7 Å². The molecule has 0 bridgehead atoms. The highest BCUT2D eigenvalue weighted by Crippen LogP contribution is 2.26. The first-order valence-corrected chi connectivity index (χ1v) is 6.06. The van der Waals surface area contributed by atoms with Gasteiger partial charge in [-0.3, -0.25) is 0 Å². The van der Waals surface area contributed by atoms with Crippen molar-refractivity contribution in [3.63, 3.8) is 0 Å². The molecule has 0 spiro atoms. The average molecular weight is 282 g/mol. The number of esters is 1. The molecule has 1 unspecified atom stereocenters. The third-order valence-electron chi connectivity index (χ3n) is 2.19. The van der Waals surface area contributed by atoms with Crippen molar-refractivity contribution in [2.24, 2.45) is 5.73 Å². The quantitative estimate of drug-likeness (QED) is 0.844. The molecule has 0 amide bonds. The van der Waals surface area contributed by atoms with Crippen molar-refractivity contribution in [3.05, 3.63) is 21.9 Å². The van der Waals surface area contributed by atoms with Gasteiger partial charge in [0.1, 0.15) is 0 Å². The van der Waals surface area contributed by atoms with Crippen molar-refractivity contribution in [2.75, 3.05) is 6.61 Å². The van der Waals surface area contributed by atoms with Gasteiger partial charge in [-0.25, -0.2) is 9.18 Å². The fourth-order valence-electron chi connectivity index (χ4n) is 1.28. The largest absolute Gasteiger partial charge is 0.464 e. The van der Waals surface area contributed by atoms with Crippen LogP contribution in [0.5, 0.6) is 0 Å². The molecule has 0 aromatic carbocycles. The number of aryl methyl sites for hydroxylation is 1. The number of halogens is 2. The van der Waals surface area contributed by atoms with E-state index in [4.69, 9.17) is 5.73 Å². The molecule has 1 aromatic rings. The second-order valence-electron chi connectivity index (χ2n) is 3.34. The van der Waals surface area contributed by atoms with Crippen LogP contribution in [0.4, 0.5) is 4.39 Å². The number of carbonyl (C=O) groups is 1. The van der Waals surface area contributed by atoms with E-state index in [1.165, 1.54) is 11.3 Å². The fraction of sp³-hybridized carbons (Fsp3) is 0.545. The Morgan fingerprint density at radius 1 is 1.53 bits per heavy atom. The van der Waals surface area contributed by atoms with Crippen molar-refractivity contribution in [3.8, 4) is 0 Å². The average Bonchev–Trinajstić information content (AvgIpc) is 2.75. The van der Waals surface area contributed by atoms with Gasteiger partial charge < -0.3 is 10.5 Å². The number of hydrogen-bond donors (Lipinski definition) is 1. The van der Waals surface area contributed by atoms with Crippen LogP contribution in [-0.4, -0.2) is 18.7 Å². The van der Waals surface area contributed by atoms with E-state index in [0.717, 1.165) is 11.3 Å². The van der Waals surface area contributed by atoms with Gasteiger partial charge in [0.2, 0.25) is 6.17 Å². The van der Waals surface area contributed by atoms with Gasteiger partial charge in [-0.2, -0.15) is 0 Å². The highest BCUT2D eigenvalue weighted by Gasteiger charge is 2.28. The van der Waals surface area contributed by atoms with Gasteiger partial charge in [-0.15, -0.1) is 23.7 Å². The van der Waals surface area contributed by atoms with Gasteiger partial charge >= 0.3 is 5.97 Å². The molecule has 0 aliphatic carbocycles. The lowest BCUT2D eigenvalue weighted by atomic mass is 10.1. The minimum absolute atomic E-state index is 0. The molecule has 0 fully saturated rings. The number of hydrogen-bond acceptors (Lipinski definition) is 4. The summed E-state index contributed by atoms with van der Waals surface area (Å²) in [5.74, 6) is -0.888. The normalized spacial score (nSPS) is 13.6. The number of alkyl halides is 1. The first-order valence-electron chi connectivity index (χ1n) is 5.25. The molecule has 0 saturated heterocycles. The van der Waals surface area contributed by atoms with Gasteiger partial charge in [0, 0.05) is 9.75 Å². The maximum Gasteiger partial charge on any atom is 0.342 e. The molecular weight excluding hydrogens is 265 g/mol. The van der Waals surface area contributed by atoms with Crippen LogP contribution in [0.1, 0.15) is 29.6 Å². The second kappa shape index (κ2) is 7.63. The van der Waals surface area contributed by atoms with Crippen LogP contribution in [0.25, 0.3) is 0 Å². The van der Waals surface area contributed by atoms with E-state index < -0.39 is 18.2 Å². The Bertz CT molecular complexity index is 359. The topological polar surface area (TPSA) is 52.3 Å². The summed E-state index contributed by atoms with van der Waals surface area (Å²) in [5, 5.41) is 0. The van der Waals surface area contributed by atoms with Crippen LogP contribution in [-0.2, 0) is 16.0 Å². The van der Waals surface area contributed by atoms with Gasteiger partial charge in [0.15, 0.2) is 0 Å². The van der Waals surface area contributed by atoms with Crippen LogP contribution in [0.15, 0.2) is 12.1 Å². The van der Waals surface area contributed by atoms with Crippen LogP contribution in [0.3, 0.4) is 0 Å². The van der Waals surface area contributed by atoms with Gasteiger partial charge in [0.25, 0.3) is 0 Å². The van der Waals surface area contributed by atoms with Crippen LogP contribution in [0.2, 0.25) is 0 Å². The van der Waals surface area contributed by atoms with Crippen molar-refractivity contribution in [1.29, 1.82) is 0 Å². The predicted octanol–water partition coefficient (Wildman–Crippen LogP) is 2.63. The summed E-state index contributed by atoms with van der Waals surface area (Å²) in [5.41, 5.74) is 5.67. The zero-order valence-corrected chi connectivity index (χ0v) is 11.4. The zero-order chi connectivity index (χ0) is 12.1. The minimum Gasteiger partial charge on any atom is -0.464 e. The molecule has 1 heterocycles. The van der Waals surface area contributed by atoms with Crippen molar-refractivity contribution in [2.45, 2.75) is 32.5 Å². The molecule has 3 nitrogen and oxygen atoms in total. The fourth-order valence-corrected chi connectivity index (χ4v) is 2.25. The summed E-state index contributed by atoms with van der Waals surface area (Å²) in [4.78, 5) is 13.0. The molecule has 6 heteroatoms. The Balaban J connectivity index is 0.00000256. The highest BCUT2D eigenvalue weighted by atomic mass is 35.5. The first-order chi connectivity index (χ1) is 7.60. The Morgan fingerprint density at radius 2 is 2.18 bits per heavy atom. The zero-order valence-electron chi connectivity index (χ0n) is 9.81. The number of ether oxygens (including phenoxy) is 1. The molecule has 1 rings (SSSR count). The molecule has 0 aliphatic heterocycles. The molecule has 0 saturated carbocycles. The summed E-state index contributed by atoms with van der Waals surface area (Å²) in [6, 6.07) is 2.74. The van der Waals surface area contributed by atoms with Gasteiger partial charge in [-0.1, -0.05) is 6.92 Å². The Labute approximate surface area is 111 Å². The first kappa shape index (κ1) is 16.4. The summed E-state index contributed by atoms with van der Waals surface area (Å²) >= 11 is 1.43. The number of carbonyl (C=O) groups excluding carboxylic acids is 1. The predicted molar refractivity (Wildman–Crippen MR) is 69.4 cm³/mol. The lowest BCUT2D eigenvalue weighted by Crippen LogP contribution is -2.30. The molecule has 17 heavy (non-hydrogen) atoms. The maximum atomic E-state index is 13.6. The Hall–Kier alpha value is -0.650. The van der Waals surface area contributed by atoms with E-state index >= 15 is 0 Å². The second-order valence-corrected chi connectivity index (χ2v) is 4.54. The summed E-state index contributed by atoms with van der Waals surface area (Å²) in [6.45, 7) is 3.81. The number of nitrogens with two attached hydrogens (primary N) is 1.